The molecule has 0 unspecified atom stereocenters. The van der Waals surface area contributed by atoms with Gasteiger partial charge in [-0.1, -0.05) is 117 Å². The van der Waals surface area contributed by atoms with Gasteiger partial charge in [0.1, 0.15) is 0 Å². The summed E-state index contributed by atoms with van der Waals surface area (Å²) in [6.07, 6.45) is 10.1. The van der Waals surface area contributed by atoms with Crippen LogP contribution in [-0.4, -0.2) is 0 Å². The number of benzene rings is 5. The Labute approximate surface area is 256 Å². The van der Waals surface area contributed by atoms with Crippen LogP contribution in [0.3, 0.4) is 0 Å². The highest BCUT2D eigenvalue weighted by Gasteiger charge is 2.14. The van der Waals surface area contributed by atoms with E-state index in [0.717, 1.165) is 56.4 Å². The van der Waals surface area contributed by atoms with Gasteiger partial charge in [-0.15, -0.1) is 0 Å². The quantitative estimate of drug-likeness (QED) is 0.149. The smallest absolute Gasteiger partial charge is 0.0467 e. The van der Waals surface area contributed by atoms with Crippen LogP contribution in [0.5, 0.6) is 0 Å². The molecular weight excluding hydrogens is 520 g/mol. The van der Waals surface area contributed by atoms with Gasteiger partial charge in [-0.05, 0) is 95.9 Å². The van der Waals surface area contributed by atoms with E-state index in [2.05, 4.69) is 158 Å². The monoisotopic (exact) mass is 556 g/mol. The fourth-order valence-corrected chi connectivity index (χ4v) is 5.09. The molecule has 43 heavy (non-hydrogen) atoms. The van der Waals surface area contributed by atoms with Gasteiger partial charge in [0.2, 0.25) is 0 Å². The Bertz CT molecular complexity index is 1760. The number of anilines is 5. The number of para-hydroxylation sites is 2. The van der Waals surface area contributed by atoms with Crippen LogP contribution in [-0.2, 0) is 0 Å². The van der Waals surface area contributed by atoms with E-state index in [1.165, 1.54) is 0 Å². The van der Waals surface area contributed by atoms with Gasteiger partial charge in [0.05, 0.1) is 0 Å². The van der Waals surface area contributed by atoms with Gasteiger partial charge in [-0.3, -0.25) is 0 Å². The predicted octanol–water partition coefficient (Wildman–Crippen LogP) is 11.8. The Morgan fingerprint density at radius 1 is 0.535 bits per heavy atom. The highest BCUT2D eigenvalue weighted by atomic mass is 15.1. The van der Waals surface area contributed by atoms with Gasteiger partial charge >= 0.3 is 0 Å². The predicted molar refractivity (Wildman–Crippen MR) is 188 cm³/mol. The molecule has 0 spiro atoms. The summed E-state index contributed by atoms with van der Waals surface area (Å²) in [6, 6.07) is 46.2. The van der Waals surface area contributed by atoms with E-state index in [4.69, 9.17) is 0 Å². The van der Waals surface area contributed by atoms with Gasteiger partial charge in [-0.2, -0.15) is 0 Å². The molecule has 2 nitrogen and oxygen atoms in total. The minimum absolute atomic E-state index is 0.862. The standard InChI is InChI=1S/C41H36N2/c1-5-33-16-14-22-40(30-33)42(37-18-10-8-11-19-37)32(4)24-25-35(7-3)36-26-28-39(29-27-36)43(38-20-12-9-13-21-38)41-23-15-17-34(6-2)31-41/h5-31H,1-2,4H2,3H3/b25-24-,35-7+. The minimum atomic E-state index is 0.862. The van der Waals surface area contributed by atoms with Crippen molar-refractivity contribution in [3.05, 3.63) is 194 Å². The summed E-state index contributed by atoms with van der Waals surface area (Å²) in [6.45, 7) is 14.4. The molecule has 5 aromatic carbocycles. The van der Waals surface area contributed by atoms with Crippen LogP contribution in [0.15, 0.2) is 177 Å². The van der Waals surface area contributed by atoms with Crippen LogP contribution in [0.2, 0.25) is 0 Å². The normalized spacial score (nSPS) is 11.2. The molecule has 0 fully saturated rings. The van der Waals surface area contributed by atoms with Crippen LogP contribution in [0.4, 0.5) is 28.4 Å². The van der Waals surface area contributed by atoms with Crippen LogP contribution < -0.4 is 9.80 Å². The lowest BCUT2D eigenvalue weighted by Gasteiger charge is -2.26. The Morgan fingerprint density at radius 3 is 1.63 bits per heavy atom. The zero-order valence-electron chi connectivity index (χ0n) is 24.6. The fourth-order valence-electron chi connectivity index (χ4n) is 5.09. The molecule has 5 rings (SSSR count). The first kappa shape index (κ1) is 28.9. The second kappa shape index (κ2) is 13.8. The zero-order valence-corrected chi connectivity index (χ0v) is 24.6. The van der Waals surface area contributed by atoms with Crippen molar-refractivity contribution in [3.63, 3.8) is 0 Å². The lowest BCUT2D eigenvalue weighted by Crippen LogP contribution is -2.14. The Balaban J connectivity index is 1.44. The van der Waals surface area contributed by atoms with E-state index in [9.17, 15) is 0 Å². The van der Waals surface area contributed by atoms with Crippen LogP contribution in [0, 0.1) is 0 Å². The largest absolute Gasteiger partial charge is 0.311 e. The van der Waals surface area contributed by atoms with E-state index < -0.39 is 0 Å². The summed E-state index contributed by atoms with van der Waals surface area (Å²) < 4.78 is 0. The van der Waals surface area contributed by atoms with Crippen LogP contribution in [0.25, 0.3) is 17.7 Å². The minimum Gasteiger partial charge on any atom is -0.311 e. The second-order valence-electron chi connectivity index (χ2n) is 10.1. The van der Waals surface area contributed by atoms with E-state index in [-0.39, 0.29) is 0 Å². The van der Waals surface area contributed by atoms with Crippen LogP contribution >= 0.6 is 0 Å². The zero-order chi connectivity index (χ0) is 30.0. The topological polar surface area (TPSA) is 6.48 Å². The van der Waals surface area contributed by atoms with Crippen molar-refractivity contribution in [2.24, 2.45) is 0 Å². The molecular formula is C41H36N2. The van der Waals surface area contributed by atoms with Crippen molar-refractivity contribution in [3.8, 4) is 0 Å². The summed E-state index contributed by atoms with van der Waals surface area (Å²) >= 11 is 0. The molecule has 0 atom stereocenters. The molecule has 0 N–H and O–H groups in total. The molecule has 210 valence electrons. The third-order valence-corrected chi connectivity index (χ3v) is 7.27. The first-order chi connectivity index (χ1) is 21.1. The van der Waals surface area contributed by atoms with Gasteiger partial charge in [-0.25, -0.2) is 0 Å². The first-order valence-corrected chi connectivity index (χ1v) is 14.4. The first-order valence-electron chi connectivity index (χ1n) is 14.4. The molecule has 0 saturated carbocycles. The summed E-state index contributed by atoms with van der Waals surface area (Å²) in [5.74, 6) is 0. The summed E-state index contributed by atoms with van der Waals surface area (Å²) in [4.78, 5) is 4.42. The molecule has 0 saturated heterocycles. The van der Waals surface area contributed by atoms with Crippen molar-refractivity contribution in [1.82, 2.24) is 0 Å². The van der Waals surface area contributed by atoms with E-state index >= 15 is 0 Å². The molecule has 0 radical (unpaired) electrons. The third kappa shape index (κ3) is 6.83. The molecule has 0 aliphatic carbocycles. The molecule has 5 aromatic rings. The average molecular weight is 557 g/mol. The average Bonchev–Trinajstić information content (AvgIpc) is 3.07. The lowest BCUT2D eigenvalue weighted by molar-refractivity contribution is 1.22. The maximum atomic E-state index is 4.45. The lowest BCUT2D eigenvalue weighted by atomic mass is 10.0. The van der Waals surface area contributed by atoms with E-state index in [1.807, 2.05) is 42.5 Å². The number of rotatable bonds is 11. The van der Waals surface area contributed by atoms with Gasteiger partial charge in [0, 0.05) is 34.1 Å². The molecule has 0 heterocycles. The fraction of sp³-hybridized carbons (Fsp3) is 0.0244. The molecule has 2 heteroatoms. The molecule has 0 aliphatic heterocycles. The van der Waals surface area contributed by atoms with Crippen molar-refractivity contribution < 1.29 is 0 Å². The van der Waals surface area contributed by atoms with E-state index in [1.54, 1.807) is 0 Å². The number of hydrogen-bond acceptors (Lipinski definition) is 2. The van der Waals surface area contributed by atoms with Crippen LogP contribution in [0.1, 0.15) is 23.6 Å². The highest BCUT2D eigenvalue weighted by molar-refractivity contribution is 5.81. The summed E-state index contributed by atoms with van der Waals surface area (Å²) in [7, 11) is 0. The van der Waals surface area contributed by atoms with Crippen molar-refractivity contribution in [1.29, 1.82) is 0 Å². The Kier molecular flexibility index (Phi) is 9.31. The Hall–Kier alpha value is -5.60. The van der Waals surface area contributed by atoms with Crippen molar-refractivity contribution in [2.75, 3.05) is 9.80 Å². The Morgan fingerprint density at radius 2 is 1.05 bits per heavy atom. The SMILES string of the molecule is C=Cc1cccc(N(C(=C)/C=C\C(=C/C)c2ccc(N(c3ccccc3)c3cccc(C=C)c3)cc2)c2ccccc2)c1. The molecule has 0 amide bonds. The number of hydrogen-bond donors (Lipinski definition) is 0. The van der Waals surface area contributed by atoms with E-state index in [0.29, 0.717) is 0 Å². The number of nitrogens with zero attached hydrogens (tertiary/aromatic N) is 2. The highest BCUT2D eigenvalue weighted by Crippen LogP contribution is 2.36. The second-order valence-corrected chi connectivity index (χ2v) is 10.1. The molecule has 0 bridgehead atoms. The van der Waals surface area contributed by atoms with Gasteiger partial charge < -0.3 is 9.80 Å². The van der Waals surface area contributed by atoms with Crippen molar-refractivity contribution in [2.45, 2.75) is 6.92 Å². The van der Waals surface area contributed by atoms with Gasteiger partial charge in [0.25, 0.3) is 0 Å². The summed E-state index contributed by atoms with van der Waals surface area (Å²) in [5, 5.41) is 0. The maximum absolute atomic E-state index is 4.45. The maximum Gasteiger partial charge on any atom is 0.0467 e. The van der Waals surface area contributed by atoms with Gasteiger partial charge in [0.15, 0.2) is 0 Å². The third-order valence-electron chi connectivity index (χ3n) is 7.27. The van der Waals surface area contributed by atoms with Crippen molar-refractivity contribution >= 4 is 46.2 Å². The molecule has 0 aliphatic rings. The molecule has 0 aromatic heterocycles. The summed E-state index contributed by atoms with van der Waals surface area (Å²) in [5.41, 5.74) is 10.6. The number of allylic oxidation sites excluding steroid dienone is 4.